The molecule has 98 valence electrons. The van der Waals surface area contributed by atoms with Gasteiger partial charge in [-0.15, -0.1) is 24.8 Å². The smallest absolute Gasteiger partial charge is 0.258 e. The highest BCUT2D eigenvalue weighted by molar-refractivity contribution is 6.35. The first-order valence-electron chi connectivity index (χ1n) is 5.16. The van der Waals surface area contributed by atoms with Gasteiger partial charge in [0.25, 0.3) is 11.8 Å². The number of hydrogen-bond donors (Lipinski definition) is 1. The number of amides is 2. The fourth-order valence-electron chi connectivity index (χ4n) is 1.97. The largest absolute Gasteiger partial charge is 0.289 e. The van der Waals surface area contributed by atoms with E-state index in [4.69, 9.17) is 0 Å². The molecule has 0 saturated carbocycles. The minimum Gasteiger partial charge on any atom is -0.289 e. The Hall–Kier alpha value is -1.91. The lowest BCUT2D eigenvalue weighted by Crippen LogP contribution is -2.21. The van der Waals surface area contributed by atoms with Crippen molar-refractivity contribution in [3.05, 3.63) is 48.3 Å². The maximum atomic E-state index is 11.6. The van der Waals surface area contributed by atoms with Crippen molar-refractivity contribution in [3.8, 4) is 0 Å². The van der Waals surface area contributed by atoms with Gasteiger partial charge in [0.15, 0.2) is 0 Å². The van der Waals surface area contributed by atoms with Crippen molar-refractivity contribution in [1.29, 1.82) is 0 Å². The summed E-state index contributed by atoms with van der Waals surface area (Å²) >= 11 is 0. The van der Waals surface area contributed by atoms with Crippen molar-refractivity contribution >= 4 is 53.0 Å². The first kappa shape index (κ1) is 15.1. The zero-order valence-electron chi connectivity index (χ0n) is 9.62. The van der Waals surface area contributed by atoms with E-state index in [2.05, 4.69) is 10.3 Å². The average Bonchev–Trinajstić information content (AvgIpc) is 2.68. The van der Waals surface area contributed by atoms with Gasteiger partial charge in [0, 0.05) is 23.9 Å². The van der Waals surface area contributed by atoms with Crippen LogP contribution < -0.4 is 5.32 Å². The van der Waals surface area contributed by atoms with Gasteiger partial charge in [-0.25, -0.2) is 0 Å². The number of rotatable bonds is 1. The zero-order chi connectivity index (χ0) is 11.8. The van der Waals surface area contributed by atoms with Gasteiger partial charge in [-0.2, -0.15) is 0 Å². The predicted octanol–water partition coefficient (Wildman–Crippen LogP) is 2.12. The summed E-state index contributed by atoms with van der Waals surface area (Å²) in [5.74, 6) is -0.713. The number of nitrogens with zero attached hydrogens (tertiary/aromatic N) is 1. The Morgan fingerprint density at radius 2 is 1.84 bits per heavy atom. The van der Waals surface area contributed by atoms with Crippen LogP contribution >= 0.6 is 24.8 Å². The molecule has 0 atom stereocenters. The Morgan fingerprint density at radius 3 is 2.53 bits per heavy atom. The highest BCUT2D eigenvalue weighted by Crippen LogP contribution is 2.26. The Labute approximate surface area is 121 Å². The SMILES string of the molecule is Cl.Cl.O=C1C=C(c2cccc3cnccc23)C(=O)N1. The summed E-state index contributed by atoms with van der Waals surface area (Å²) in [5, 5.41) is 4.10. The topological polar surface area (TPSA) is 59.1 Å². The summed E-state index contributed by atoms with van der Waals surface area (Å²) < 4.78 is 0. The van der Waals surface area contributed by atoms with E-state index in [0.717, 1.165) is 16.3 Å². The molecule has 0 aliphatic carbocycles. The van der Waals surface area contributed by atoms with E-state index < -0.39 is 0 Å². The monoisotopic (exact) mass is 296 g/mol. The molecule has 0 unspecified atom stereocenters. The van der Waals surface area contributed by atoms with E-state index in [1.165, 1.54) is 6.08 Å². The van der Waals surface area contributed by atoms with Crippen LogP contribution in [0, 0.1) is 0 Å². The first-order chi connectivity index (χ1) is 8.25. The molecule has 0 radical (unpaired) electrons. The summed E-state index contributed by atoms with van der Waals surface area (Å²) in [4.78, 5) is 26.8. The van der Waals surface area contributed by atoms with Crippen LogP contribution in [0.5, 0.6) is 0 Å². The van der Waals surface area contributed by atoms with Crippen LogP contribution in [-0.2, 0) is 9.59 Å². The third-order valence-electron chi connectivity index (χ3n) is 2.73. The van der Waals surface area contributed by atoms with Crippen LogP contribution in [0.2, 0.25) is 0 Å². The van der Waals surface area contributed by atoms with E-state index in [1.54, 1.807) is 12.4 Å². The zero-order valence-corrected chi connectivity index (χ0v) is 11.3. The molecule has 2 amide bonds. The maximum absolute atomic E-state index is 11.6. The van der Waals surface area contributed by atoms with E-state index in [-0.39, 0.29) is 36.6 Å². The van der Waals surface area contributed by atoms with E-state index in [0.29, 0.717) is 5.57 Å². The second kappa shape index (κ2) is 5.82. The molecular formula is C13H10Cl2N2O2. The van der Waals surface area contributed by atoms with Gasteiger partial charge in [-0.1, -0.05) is 18.2 Å². The summed E-state index contributed by atoms with van der Waals surface area (Å²) in [6.07, 6.45) is 4.73. The molecule has 19 heavy (non-hydrogen) atoms. The fraction of sp³-hybridized carbons (Fsp3) is 0. The van der Waals surface area contributed by atoms with Gasteiger partial charge in [-0.3, -0.25) is 19.9 Å². The van der Waals surface area contributed by atoms with Crippen molar-refractivity contribution < 1.29 is 9.59 Å². The van der Waals surface area contributed by atoms with Gasteiger partial charge >= 0.3 is 0 Å². The number of benzene rings is 1. The number of carbonyl (C=O) groups is 2. The third-order valence-corrected chi connectivity index (χ3v) is 2.73. The maximum Gasteiger partial charge on any atom is 0.258 e. The molecular weight excluding hydrogens is 287 g/mol. The molecule has 0 spiro atoms. The molecule has 1 N–H and O–H groups in total. The minimum absolute atomic E-state index is 0. The van der Waals surface area contributed by atoms with Gasteiger partial charge in [-0.05, 0) is 17.0 Å². The Balaban J connectivity index is 0.000000902. The highest BCUT2D eigenvalue weighted by atomic mass is 35.5. The number of fused-ring (bicyclic) bond motifs is 1. The third kappa shape index (κ3) is 2.59. The van der Waals surface area contributed by atoms with Crippen LogP contribution in [0.1, 0.15) is 5.56 Å². The van der Waals surface area contributed by atoms with Crippen LogP contribution in [0.3, 0.4) is 0 Å². The Morgan fingerprint density at radius 1 is 1.05 bits per heavy atom. The fourth-order valence-corrected chi connectivity index (χ4v) is 1.97. The van der Waals surface area contributed by atoms with Gasteiger partial charge < -0.3 is 0 Å². The van der Waals surface area contributed by atoms with Crippen LogP contribution in [0.15, 0.2) is 42.7 Å². The molecule has 3 rings (SSSR count). The molecule has 6 heteroatoms. The second-order valence-corrected chi connectivity index (χ2v) is 3.78. The molecule has 0 fully saturated rings. The van der Waals surface area contributed by atoms with E-state index in [9.17, 15) is 9.59 Å². The molecule has 1 aliphatic rings. The van der Waals surface area contributed by atoms with Crippen LogP contribution in [-0.4, -0.2) is 16.8 Å². The van der Waals surface area contributed by atoms with Crippen molar-refractivity contribution in [2.45, 2.75) is 0 Å². The number of pyridine rings is 1. The lowest BCUT2D eigenvalue weighted by atomic mass is 10.00. The molecule has 1 aromatic heterocycles. The number of halogens is 2. The number of aromatic nitrogens is 1. The molecule has 0 saturated heterocycles. The second-order valence-electron chi connectivity index (χ2n) is 3.78. The van der Waals surface area contributed by atoms with Gasteiger partial charge in [0.05, 0.1) is 5.57 Å². The molecule has 2 heterocycles. The van der Waals surface area contributed by atoms with Crippen molar-refractivity contribution in [3.63, 3.8) is 0 Å². The number of hydrogen-bond acceptors (Lipinski definition) is 3. The number of carbonyl (C=O) groups excluding carboxylic acids is 2. The summed E-state index contributed by atoms with van der Waals surface area (Å²) in [6, 6.07) is 7.42. The summed E-state index contributed by atoms with van der Waals surface area (Å²) in [5.41, 5.74) is 1.17. The average molecular weight is 297 g/mol. The van der Waals surface area contributed by atoms with Crippen molar-refractivity contribution in [2.24, 2.45) is 0 Å². The normalized spacial score (nSPS) is 13.4. The predicted molar refractivity (Wildman–Crippen MR) is 77.4 cm³/mol. The van der Waals surface area contributed by atoms with E-state index in [1.807, 2.05) is 24.3 Å². The molecule has 4 nitrogen and oxygen atoms in total. The van der Waals surface area contributed by atoms with Crippen molar-refractivity contribution in [1.82, 2.24) is 10.3 Å². The molecule has 1 aliphatic heterocycles. The molecule has 0 bridgehead atoms. The van der Waals surface area contributed by atoms with Crippen LogP contribution in [0.4, 0.5) is 0 Å². The summed E-state index contributed by atoms with van der Waals surface area (Å²) in [7, 11) is 0. The van der Waals surface area contributed by atoms with Crippen molar-refractivity contribution in [2.75, 3.05) is 0 Å². The molecule has 2 aromatic rings. The standard InChI is InChI=1S/C13H8N2O2.2ClH/c16-12-6-11(13(17)15-12)10-3-1-2-8-7-14-5-4-9(8)10;;/h1-7H,(H,15,16,17);2*1H. The van der Waals surface area contributed by atoms with Gasteiger partial charge in [0.1, 0.15) is 0 Å². The Bertz CT molecular complexity index is 678. The highest BCUT2D eigenvalue weighted by Gasteiger charge is 2.23. The lowest BCUT2D eigenvalue weighted by molar-refractivity contribution is -0.123. The number of imide groups is 1. The Kier molecular flexibility index (Phi) is 4.64. The molecule has 1 aromatic carbocycles. The quantitative estimate of drug-likeness (QED) is 0.820. The lowest BCUT2D eigenvalue weighted by Gasteiger charge is -2.05. The van der Waals surface area contributed by atoms with Crippen LogP contribution in [0.25, 0.3) is 16.3 Å². The first-order valence-corrected chi connectivity index (χ1v) is 5.16. The minimum atomic E-state index is -0.365. The number of nitrogens with one attached hydrogen (secondary N) is 1. The summed E-state index contributed by atoms with van der Waals surface area (Å²) in [6.45, 7) is 0. The van der Waals surface area contributed by atoms with E-state index >= 15 is 0 Å². The van der Waals surface area contributed by atoms with Gasteiger partial charge in [0.2, 0.25) is 0 Å².